The fraction of sp³-hybridized carbons (Fsp3) is 0.133. The number of fused-ring (bicyclic) bond motifs is 1. The van der Waals surface area contributed by atoms with E-state index in [0.717, 1.165) is 16.6 Å². The van der Waals surface area contributed by atoms with Crippen molar-refractivity contribution >= 4 is 27.0 Å². The average molecular weight is 319 g/mol. The Kier molecular flexibility index (Phi) is 4.71. The van der Waals surface area contributed by atoms with Crippen LogP contribution in [0.5, 0.6) is 0 Å². The van der Waals surface area contributed by atoms with Crippen LogP contribution in [0, 0.1) is 0 Å². The van der Waals surface area contributed by atoms with Crippen molar-refractivity contribution in [3.63, 3.8) is 0 Å². The number of hydrogen-bond acceptors (Lipinski definition) is 2. The minimum absolute atomic E-state index is 0.581. The number of nitrogens with one attached hydrogen (secondary N) is 1. The molecule has 19 heavy (non-hydrogen) atoms. The summed E-state index contributed by atoms with van der Waals surface area (Å²) in [5.74, 6) is 2.39. The van der Waals surface area contributed by atoms with Crippen LogP contribution < -0.4 is 0 Å². The van der Waals surface area contributed by atoms with Gasteiger partial charge in [-0.1, -0.05) is 58.4 Å². The predicted molar refractivity (Wildman–Crippen MR) is 81.4 cm³/mol. The van der Waals surface area contributed by atoms with Gasteiger partial charge in [0.25, 0.3) is 0 Å². The molecule has 0 fully saturated rings. The van der Waals surface area contributed by atoms with Crippen molar-refractivity contribution in [2.45, 2.75) is 6.10 Å². The molecule has 0 radical (unpaired) electrons. The molecule has 1 unspecified atom stereocenters. The van der Waals surface area contributed by atoms with E-state index in [1.165, 1.54) is 0 Å². The maximum Gasteiger partial charge on any atom is 0.140 e. The summed E-state index contributed by atoms with van der Waals surface area (Å²) in [4.78, 5) is 7.52. The van der Waals surface area contributed by atoms with Gasteiger partial charge in [0.1, 0.15) is 11.9 Å². The van der Waals surface area contributed by atoms with E-state index in [2.05, 4.69) is 25.9 Å². The zero-order valence-corrected chi connectivity index (χ0v) is 12.1. The summed E-state index contributed by atoms with van der Waals surface area (Å²) in [6, 6.07) is 17.3. The van der Waals surface area contributed by atoms with Gasteiger partial charge in [-0.25, -0.2) is 4.98 Å². The minimum Gasteiger partial charge on any atom is -0.380 e. The van der Waals surface area contributed by atoms with E-state index in [4.69, 9.17) is 0 Å². The van der Waals surface area contributed by atoms with Crippen molar-refractivity contribution in [1.82, 2.24) is 9.97 Å². The van der Waals surface area contributed by atoms with Gasteiger partial charge in [0.2, 0.25) is 0 Å². The number of H-pyrrole nitrogens is 1. The summed E-state index contributed by atoms with van der Waals surface area (Å²) in [6.07, 6.45) is -0.705. The second kappa shape index (κ2) is 6.50. The van der Waals surface area contributed by atoms with Crippen LogP contribution in [0.15, 0.2) is 54.6 Å². The number of halogens is 1. The molecule has 98 valence electrons. The summed E-state index contributed by atoms with van der Waals surface area (Å²) < 4.78 is 0. The Balaban J connectivity index is 0.000000637. The number of imidazole rings is 1. The number of nitrogens with zero attached hydrogens (tertiary/aromatic N) is 1. The van der Waals surface area contributed by atoms with Crippen LogP contribution >= 0.6 is 15.9 Å². The molecule has 0 aliphatic carbocycles. The lowest BCUT2D eigenvalue weighted by molar-refractivity contribution is 0.211. The maximum absolute atomic E-state index is 10.2. The number of alkyl halides is 1. The first-order valence-corrected chi connectivity index (χ1v) is 7.48. The smallest absolute Gasteiger partial charge is 0.140 e. The first-order chi connectivity index (χ1) is 9.34. The van der Waals surface area contributed by atoms with E-state index in [9.17, 15) is 5.11 Å². The van der Waals surface area contributed by atoms with E-state index >= 15 is 0 Å². The third kappa shape index (κ3) is 3.03. The molecular formula is C15H15BrN2O. The van der Waals surface area contributed by atoms with Gasteiger partial charge in [-0.3, -0.25) is 0 Å². The van der Waals surface area contributed by atoms with Crippen molar-refractivity contribution in [1.29, 1.82) is 0 Å². The van der Waals surface area contributed by atoms with Crippen LogP contribution in [0.4, 0.5) is 0 Å². The number of para-hydroxylation sites is 2. The minimum atomic E-state index is -0.705. The standard InChI is InChI=1S/C14H12N2O.CH3Br/c17-13(10-6-2-1-3-7-10)14-15-11-8-4-5-9-12(11)16-14;1-2/h1-9,13,17H,(H,15,16);1H3. The number of aliphatic hydroxyl groups is 1. The number of rotatable bonds is 2. The molecular weight excluding hydrogens is 304 g/mol. The molecule has 1 atom stereocenters. The van der Waals surface area contributed by atoms with Crippen molar-refractivity contribution in [3.05, 3.63) is 66.0 Å². The quantitative estimate of drug-likeness (QED) is 0.708. The molecule has 3 aromatic rings. The zero-order chi connectivity index (χ0) is 13.7. The molecule has 1 aromatic heterocycles. The molecule has 0 bridgehead atoms. The molecule has 0 aliphatic heterocycles. The molecule has 0 aliphatic rings. The van der Waals surface area contributed by atoms with Gasteiger partial charge in [-0.15, -0.1) is 0 Å². The van der Waals surface area contributed by atoms with E-state index < -0.39 is 6.10 Å². The van der Waals surface area contributed by atoms with Gasteiger partial charge in [0.15, 0.2) is 0 Å². The third-order valence-corrected chi connectivity index (χ3v) is 2.78. The lowest BCUT2D eigenvalue weighted by Gasteiger charge is -2.06. The van der Waals surface area contributed by atoms with E-state index in [1.807, 2.05) is 60.4 Å². The maximum atomic E-state index is 10.2. The van der Waals surface area contributed by atoms with Gasteiger partial charge in [-0.2, -0.15) is 0 Å². The normalized spacial score (nSPS) is 11.7. The Bertz CT molecular complexity index is 604. The van der Waals surface area contributed by atoms with Crippen molar-refractivity contribution in [2.75, 3.05) is 5.83 Å². The van der Waals surface area contributed by atoms with Gasteiger partial charge >= 0.3 is 0 Å². The van der Waals surface area contributed by atoms with Crippen molar-refractivity contribution in [3.8, 4) is 0 Å². The number of hydrogen-bond donors (Lipinski definition) is 2. The monoisotopic (exact) mass is 318 g/mol. The highest BCUT2D eigenvalue weighted by Crippen LogP contribution is 2.21. The summed E-state index contributed by atoms with van der Waals surface area (Å²) in [7, 11) is 0. The molecule has 0 amide bonds. The first kappa shape index (κ1) is 13.8. The number of aliphatic hydroxyl groups excluding tert-OH is 1. The highest BCUT2D eigenvalue weighted by Gasteiger charge is 2.13. The Morgan fingerprint density at radius 3 is 2.32 bits per heavy atom. The van der Waals surface area contributed by atoms with Gasteiger partial charge in [0.05, 0.1) is 11.0 Å². The van der Waals surface area contributed by atoms with Gasteiger partial charge in [0, 0.05) is 0 Å². The molecule has 3 nitrogen and oxygen atoms in total. The second-order valence-corrected chi connectivity index (χ2v) is 3.95. The summed E-state index contributed by atoms with van der Waals surface area (Å²) >= 11 is 2.94. The fourth-order valence-corrected chi connectivity index (χ4v) is 1.90. The second-order valence-electron chi connectivity index (χ2n) is 3.95. The summed E-state index contributed by atoms with van der Waals surface area (Å²) in [6.45, 7) is 0. The first-order valence-electron chi connectivity index (χ1n) is 5.90. The van der Waals surface area contributed by atoms with Crippen LogP contribution in [0.25, 0.3) is 11.0 Å². The molecule has 1 heterocycles. The van der Waals surface area contributed by atoms with Crippen LogP contribution in [0.1, 0.15) is 17.5 Å². The van der Waals surface area contributed by atoms with Crippen molar-refractivity contribution in [2.24, 2.45) is 0 Å². The highest BCUT2D eigenvalue weighted by molar-refractivity contribution is 9.08. The van der Waals surface area contributed by atoms with Gasteiger partial charge in [-0.05, 0) is 23.5 Å². The van der Waals surface area contributed by atoms with Crippen LogP contribution in [-0.2, 0) is 0 Å². The van der Waals surface area contributed by atoms with Crippen LogP contribution in [-0.4, -0.2) is 20.9 Å². The molecule has 0 spiro atoms. The summed E-state index contributed by atoms with van der Waals surface area (Å²) in [5.41, 5.74) is 2.65. The lowest BCUT2D eigenvalue weighted by Crippen LogP contribution is -2.01. The topological polar surface area (TPSA) is 48.9 Å². The lowest BCUT2D eigenvalue weighted by atomic mass is 10.1. The Labute approximate surface area is 120 Å². The number of aromatic amines is 1. The summed E-state index contributed by atoms with van der Waals surface area (Å²) in [5, 5.41) is 10.2. The fourth-order valence-electron chi connectivity index (χ4n) is 1.90. The Hall–Kier alpha value is -1.65. The Morgan fingerprint density at radius 1 is 1.00 bits per heavy atom. The largest absolute Gasteiger partial charge is 0.380 e. The SMILES string of the molecule is CBr.OC(c1ccccc1)c1nc2ccccc2[nH]1. The van der Waals surface area contributed by atoms with Gasteiger partial charge < -0.3 is 10.1 Å². The molecule has 0 saturated carbocycles. The average Bonchev–Trinajstić information content (AvgIpc) is 2.93. The van der Waals surface area contributed by atoms with E-state index in [1.54, 1.807) is 0 Å². The molecule has 3 rings (SSSR count). The van der Waals surface area contributed by atoms with Crippen LogP contribution in [0.3, 0.4) is 0 Å². The molecule has 2 aromatic carbocycles. The van der Waals surface area contributed by atoms with Crippen LogP contribution in [0.2, 0.25) is 0 Å². The van der Waals surface area contributed by atoms with Crippen molar-refractivity contribution < 1.29 is 5.11 Å². The Morgan fingerprint density at radius 2 is 1.63 bits per heavy atom. The van der Waals surface area contributed by atoms with E-state index in [-0.39, 0.29) is 0 Å². The predicted octanol–water partition coefficient (Wildman–Crippen LogP) is 3.66. The third-order valence-electron chi connectivity index (χ3n) is 2.78. The molecule has 0 saturated heterocycles. The molecule has 4 heteroatoms. The van der Waals surface area contributed by atoms with E-state index in [0.29, 0.717) is 5.82 Å². The molecule has 2 N–H and O–H groups in total. The number of aromatic nitrogens is 2. The number of benzene rings is 2. The highest BCUT2D eigenvalue weighted by atomic mass is 79.9. The zero-order valence-electron chi connectivity index (χ0n) is 10.5.